The van der Waals surface area contributed by atoms with Gasteiger partial charge in [-0.3, -0.25) is 0 Å². The summed E-state index contributed by atoms with van der Waals surface area (Å²) in [6.07, 6.45) is 0. The van der Waals surface area contributed by atoms with Crippen molar-refractivity contribution in [2.24, 2.45) is 5.73 Å². The van der Waals surface area contributed by atoms with E-state index in [1.165, 1.54) is 18.4 Å². The number of rotatable bonds is 7. The second-order valence-corrected chi connectivity index (χ2v) is 8.14. The standard InChI is InChI=1S/C18H21BrN2O4S/c1-23-18(22)16-14-15(17(19)26-16)25-8-7-21(14)13(9-20)11-24-10-12-5-3-2-4-6-12/h2-6,13H,7-11,20H2,1H3/t13-/m1/s1. The molecule has 1 aliphatic rings. The fourth-order valence-corrected chi connectivity index (χ4v) is 4.58. The summed E-state index contributed by atoms with van der Waals surface area (Å²) >= 11 is 4.79. The number of fused-ring (bicyclic) bond motifs is 1. The number of hydrogen-bond donors (Lipinski definition) is 1. The molecule has 0 radical (unpaired) electrons. The van der Waals surface area contributed by atoms with Gasteiger partial charge >= 0.3 is 5.97 Å². The molecule has 1 aliphatic heterocycles. The SMILES string of the molecule is COC(=O)c1sc(Br)c2c1N([C@H](CN)COCc1ccccc1)CCO2. The number of esters is 1. The van der Waals surface area contributed by atoms with Crippen LogP contribution < -0.4 is 15.4 Å². The molecule has 1 atom stereocenters. The fourth-order valence-electron chi connectivity index (χ4n) is 2.89. The van der Waals surface area contributed by atoms with Gasteiger partial charge in [0.1, 0.15) is 21.0 Å². The van der Waals surface area contributed by atoms with Crippen molar-refractivity contribution in [2.75, 3.05) is 38.3 Å². The number of anilines is 1. The zero-order valence-corrected chi connectivity index (χ0v) is 16.8. The minimum absolute atomic E-state index is 0.0636. The third-order valence-corrected chi connectivity index (χ3v) is 5.95. The van der Waals surface area contributed by atoms with E-state index in [-0.39, 0.29) is 12.0 Å². The number of benzene rings is 1. The van der Waals surface area contributed by atoms with Crippen molar-refractivity contribution in [1.29, 1.82) is 0 Å². The lowest BCUT2D eigenvalue weighted by Crippen LogP contribution is -2.48. The van der Waals surface area contributed by atoms with Gasteiger partial charge < -0.3 is 24.8 Å². The maximum absolute atomic E-state index is 12.2. The van der Waals surface area contributed by atoms with Crippen molar-refractivity contribution < 1.29 is 19.0 Å². The van der Waals surface area contributed by atoms with Crippen LogP contribution in [0.1, 0.15) is 15.2 Å². The highest BCUT2D eigenvalue weighted by Crippen LogP contribution is 2.48. The lowest BCUT2D eigenvalue weighted by molar-refractivity contribution is 0.0605. The normalized spacial score (nSPS) is 14.5. The van der Waals surface area contributed by atoms with Crippen molar-refractivity contribution in [1.82, 2.24) is 0 Å². The number of nitrogens with zero attached hydrogens (tertiary/aromatic N) is 1. The third-order valence-electron chi connectivity index (χ3n) is 4.17. The van der Waals surface area contributed by atoms with Crippen LogP contribution in [-0.4, -0.2) is 45.4 Å². The van der Waals surface area contributed by atoms with E-state index in [9.17, 15) is 4.79 Å². The van der Waals surface area contributed by atoms with Crippen LogP contribution in [0.3, 0.4) is 0 Å². The molecule has 2 aromatic rings. The van der Waals surface area contributed by atoms with Crippen LogP contribution in [0.15, 0.2) is 34.1 Å². The Labute approximate surface area is 165 Å². The summed E-state index contributed by atoms with van der Waals surface area (Å²) < 4.78 is 17.3. The van der Waals surface area contributed by atoms with E-state index in [4.69, 9.17) is 19.9 Å². The number of nitrogens with two attached hydrogens (primary N) is 1. The molecule has 0 amide bonds. The number of hydrogen-bond acceptors (Lipinski definition) is 7. The van der Waals surface area contributed by atoms with Gasteiger partial charge in [0, 0.05) is 6.54 Å². The lowest BCUT2D eigenvalue weighted by atomic mass is 10.2. The molecule has 1 aromatic carbocycles. The number of ether oxygens (including phenoxy) is 3. The molecule has 0 saturated heterocycles. The predicted molar refractivity (Wildman–Crippen MR) is 105 cm³/mol. The van der Waals surface area contributed by atoms with Crippen LogP contribution in [0.25, 0.3) is 0 Å². The quantitative estimate of drug-likeness (QED) is 0.666. The average molecular weight is 441 g/mol. The van der Waals surface area contributed by atoms with E-state index in [1.807, 2.05) is 30.3 Å². The Bertz CT molecular complexity index is 753. The smallest absolute Gasteiger partial charge is 0.350 e. The highest BCUT2D eigenvalue weighted by molar-refractivity contribution is 9.11. The summed E-state index contributed by atoms with van der Waals surface area (Å²) in [5, 5.41) is 0. The Morgan fingerprint density at radius 3 is 2.88 bits per heavy atom. The molecule has 3 rings (SSSR count). The minimum Gasteiger partial charge on any atom is -0.487 e. The molecule has 2 heterocycles. The van der Waals surface area contributed by atoms with Gasteiger partial charge in [-0.1, -0.05) is 30.3 Å². The maximum atomic E-state index is 12.2. The van der Waals surface area contributed by atoms with Crippen LogP contribution >= 0.6 is 27.3 Å². The number of carbonyl (C=O) groups is 1. The van der Waals surface area contributed by atoms with E-state index in [0.717, 1.165) is 15.0 Å². The molecule has 26 heavy (non-hydrogen) atoms. The van der Waals surface area contributed by atoms with Crippen molar-refractivity contribution >= 4 is 38.9 Å². The van der Waals surface area contributed by atoms with E-state index < -0.39 is 0 Å². The largest absolute Gasteiger partial charge is 0.487 e. The molecule has 0 aliphatic carbocycles. The number of halogens is 1. The number of methoxy groups -OCH3 is 1. The summed E-state index contributed by atoms with van der Waals surface area (Å²) in [4.78, 5) is 14.8. The topological polar surface area (TPSA) is 74.0 Å². The summed E-state index contributed by atoms with van der Waals surface area (Å²) in [6, 6.07) is 9.93. The fraction of sp³-hybridized carbons (Fsp3) is 0.389. The first-order valence-corrected chi connectivity index (χ1v) is 9.88. The van der Waals surface area contributed by atoms with Crippen molar-refractivity contribution in [3.05, 3.63) is 44.6 Å². The second-order valence-electron chi connectivity index (χ2n) is 5.81. The first-order valence-electron chi connectivity index (χ1n) is 8.27. The first-order chi connectivity index (χ1) is 12.7. The highest BCUT2D eigenvalue weighted by Gasteiger charge is 2.34. The Kier molecular flexibility index (Phi) is 6.53. The Morgan fingerprint density at radius 2 is 2.19 bits per heavy atom. The molecule has 140 valence electrons. The summed E-state index contributed by atoms with van der Waals surface area (Å²) in [7, 11) is 1.37. The number of thiophene rings is 1. The molecule has 0 saturated carbocycles. The van der Waals surface area contributed by atoms with Crippen molar-refractivity contribution in [3.8, 4) is 5.75 Å². The van der Waals surface area contributed by atoms with Crippen molar-refractivity contribution in [3.63, 3.8) is 0 Å². The van der Waals surface area contributed by atoms with E-state index in [0.29, 0.717) is 43.5 Å². The van der Waals surface area contributed by atoms with Gasteiger partial charge in [-0.15, -0.1) is 11.3 Å². The Balaban J connectivity index is 1.77. The minimum atomic E-state index is -0.381. The molecular formula is C18H21BrN2O4S. The summed E-state index contributed by atoms with van der Waals surface area (Å²) in [5.74, 6) is 0.289. The van der Waals surface area contributed by atoms with Gasteiger partial charge in [0.05, 0.1) is 32.9 Å². The molecule has 0 unspecified atom stereocenters. The Morgan fingerprint density at radius 1 is 1.42 bits per heavy atom. The predicted octanol–water partition coefficient (Wildman–Crippen LogP) is 3.04. The van der Waals surface area contributed by atoms with E-state index >= 15 is 0 Å². The average Bonchev–Trinajstić information content (AvgIpc) is 3.03. The second kappa shape index (κ2) is 8.85. The highest BCUT2D eigenvalue weighted by atomic mass is 79.9. The van der Waals surface area contributed by atoms with Gasteiger partial charge in [-0.05, 0) is 21.5 Å². The van der Waals surface area contributed by atoms with Crippen molar-refractivity contribution in [2.45, 2.75) is 12.6 Å². The molecule has 0 bridgehead atoms. The lowest BCUT2D eigenvalue weighted by Gasteiger charge is -2.36. The third kappa shape index (κ3) is 4.03. The molecule has 6 nitrogen and oxygen atoms in total. The van der Waals surface area contributed by atoms with Gasteiger partial charge in [-0.25, -0.2) is 4.79 Å². The Hall–Kier alpha value is -1.61. The zero-order valence-electron chi connectivity index (χ0n) is 14.4. The maximum Gasteiger partial charge on any atom is 0.350 e. The molecule has 2 N–H and O–H groups in total. The first kappa shape index (κ1) is 19.2. The molecule has 8 heteroatoms. The molecule has 0 fully saturated rings. The monoisotopic (exact) mass is 440 g/mol. The van der Waals surface area contributed by atoms with Crippen LogP contribution in [0, 0.1) is 0 Å². The molecule has 1 aromatic heterocycles. The van der Waals surface area contributed by atoms with Crippen LogP contribution in [0.4, 0.5) is 5.69 Å². The zero-order chi connectivity index (χ0) is 18.5. The molecule has 0 spiro atoms. The number of carbonyl (C=O) groups excluding carboxylic acids is 1. The van der Waals surface area contributed by atoms with Gasteiger partial charge in [0.15, 0.2) is 5.75 Å². The van der Waals surface area contributed by atoms with Gasteiger partial charge in [-0.2, -0.15) is 0 Å². The van der Waals surface area contributed by atoms with Gasteiger partial charge in [0.2, 0.25) is 0 Å². The van der Waals surface area contributed by atoms with Gasteiger partial charge in [0.25, 0.3) is 0 Å². The van der Waals surface area contributed by atoms with E-state index in [2.05, 4.69) is 20.8 Å². The van der Waals surface area contributed by atoms with Crippen LogP contribution in [0.2, 0.25) is 0 Å². The van der Waals surface area contributed by atoms with Crippen LogP contribution in [0.5, 0.6) is 5.75 Å². The summed E-state index contributed by atoms with van der Waals surface area (Å²) in [5.41, 5.74) is 7.86. The molecular weight excluding hydrogens is 420 g/mol. The van der Waals surface area contributed by atoms with E-state index in [1.54, 1.807) is 0 Å². The summed E-state index contributed by atoms with van der Waals surface area (Å²) in [6.45, 7) is 2.54. The van der Waals surface area contributed by atoms with Crippen LogP contribution in [-0.2, 0) is 16.1 Å².